The van der Waals surface area contributed by atoms with Crippen LogP contribution in [0.3, 0.4) is 0 Å². The van der Waals surface area contributed by atoms with Crippen molar-refractivity contribution in [2.45, 2.75) is 31.8 Å². The van der Waals surface area contributed by atoms with E-state index in [2.05, 4.69) is 16.3 Å². The Balaban J connectivity index is 1.75. The van der Waals surface area contributed by atoms with Crippen molar-refractivity contribution < 1.29 is 13.9 Å². The van der Waals surface area contributed by atoms with E-state index < -0.39 is 5.97 Å². The Morgan fingerprint density at radius 2 is 2.23 bits per heavy atom. The number of nitrogens with zero attached hydrogens (tertiary/aromatic N) is 3. The molecule has 0 bridgehead atoms. The van der Waals surface area contributed by atoms with Gasteiger partial charge in [0.25, 0.3) is 0 Å². The fourth-order valence-corrected chi connectivity index (χ4v) is 2.67. The third-order valence-corrected chi connectivity index (χ3v) is 3.83. The zero-order valence-electron chi connectivity index (χ0n) is 11.9. The molecule has 2 unspecified atom stereocenters. The highest BCUT2D eigenvalue weighted by molar-refractivity contribution is 5.90. The lowest BCUT2D eigenvalue weighted by atomic mass is 9.87. The monoisotopic (exact) mass is 297 g/mol. The maximum atomic E-state index is 12.3. The summed E-state index contributed by atoms with van der Waals surface area (Å²) >= 11 is 0. The summed E-state index contributed by atoms with van der Waals surface area (Å²) < 4.78 is 10.6. The third-order valence-electron chi connectivity index (χ3n) is 3.83. The number of ether oxygens (including phenoxy) is 1. The number of hydrogen-bond acceptors (Lipinski definition) is 6. The molecule has 0 N–H and O–H groups in total. The van der Waals surface area contributed by atoms with Gasteiger partial charge >= 0.3 is 5.97 Å². The van der Waals surface area contributed by atoms with Gasteiger partial charge in [0.2, 0.25) is 12.3 Å². The summed E-state index contributed by atoms with van der Waals surface area (Å²) in [6, 6.07) is 9.08. The van der Waals surface area contributed by atoms with Crippen LogP contribution in [0.2, 0.25) is 0 Å². The molecule has 2 aromatic rings. The summed E-state index contributed by atoms with van der Waals surface area (Å²) in [6.07, 6.45) is 4.44. The van der Waals surface area contributed by atoms with Crippen molar-refractivity contribution in [3.63, 3.8) is 0 Å². The fourth-order valence-electron chi connectivity index (χ4n) is 2.67. The molecule has 1 aromatic heterocycles. The minimum atomic E-state index is -0.423. The van der Waals surface area contributed by atoms with Crippen LogP contribution in [0.1, 0.15) is 36.0 Å². The molecule has 2 atom stereocenters. The SMILES string of the molecule is N#CC1CCCCC1OC(=O)c1cccc(-c2nnco2)c1. The quantitative estimate of drug-likeness (QED) is 0.809. The van der Waals surface area contributed by atoms with E-state index in [1.807, 2.05) is 0 Å². The minimum absolute atomic E-state index is 0.211. The Hall–Kier alpha value is -2.68. The van der Waals surface area contributed by atoms with Gasteiger partial charge in [0.15, 0.2) is 0 Å². The van der Waals surface area contributed by atoms with Gasteiger partial charge in [-0.25, -0.2) is 4.79 Å². The third kappa shape index (κ3) is 2.98. The van der Waals surface area contributed by atoms with Crippen LogP contribution in [0.15, 0.2) is 35.1 Å². The Morgan fingerprint density at radius 1 is 1.36 bits per heavy atom. The molecule has 0 spiro atoms. The van der Waals surface area contributed by atoms with Gasteiger partial charge in [-0.2, -0.15) is 5.26 Å². The molecule has 1 saturated carbocycles. The number of esters is 1. The fraction of sp³-hybridized carbons (Fsp3) is 0.375. The van der Waals surface area contributed by atoms with E-state index in [9.17, 15) is 4.79 Å². The van der Waals surface area contributed by atoms with Crippen molar-refractivity contribution in [1.29, 1.82) is 5.26 Å². The van der Waals surface area contributed by atoms with Gasteiger partial charge in [0.1, 0.15) is 6.10 Å². The van der Waals surface area contributed by atoms with E-state index >= 15 is 0 Å². The number of rotatable bonds is 3. The van der Waals surface area contributed by atoms with Crippen LogP contribution in [-0.4, -0.2) is 22.3 Å². The summed E-state index contributed by atoms with van der Waals surface area (Å²) in [5.74, 6) is -0.285. The lowest BCUT2D eigenvalue weighted by Gasteiger charge is -2.26. The zero-order chi connectivity index (χ0) is 15.4. The average molecular weight is 297 g/mol. The molecule has 1 fully saturated rings. The Labute approximate surface area is 127 Å². The molecule has 6 nitrogen and oxygen atoms in total. The Morgan fingerprint density at radius 3 is 3.00 bits per heavy atom. The van der Waals surface area contributed by atoms with Gasteiger partial charge in [-0.15, -0.1) is 10.2 Å². The first-order valence-electron chi connectivity index (χ1n) is 7.25. The normalized spacial score (nSPS) is 21.0. The van der Waals surface area contributed by atoms with Crippen LogP contribution in [0.5, 0.6) is 0 Å². The molecule has 22 heavy (non-hydrogen) atoms. The molecule has 0 saturated heterocycles. The van der Waals surface area contributed by atoms with E-state index in [1.165, 1.54) is 6.39 Å². The van der Waals surface area contributed by atoms with Crippen molar-refractivity contribution in [1.82, 2.24) is 10.2 Å². The van der Waals surface area contributed by atoms with Gasteiger partial charge < -0.3 is 9.15 Å². The summed E-state index contributed by atoms with van der Waals surface area (Å²) in [4.78, 5) is 12.3. The highest BCUT2D eigenvalue weighted by atomic mass is 16.5. The van der Waals surface area contributed by atoms with E-state index in [0.717, 1.165) is 25.7 Å². The Bertz CT molecular complexity index is 691. The maximum Gasteiger partial charge on any atom is 0.338 e. The van der Waals surface area contributed by atoms with Crippen molar-refractivity contribution >= 4 is 5.97 Å². The summed E-state index contributed by atoms with van der Waals surface area (Å²) in [5, 5.41) is 16.6. The van der Waals surface area contributed by atoms with Gasteiger partial charge in [-0.05, 0) is 37.5 Å². The van der Waals surface area contributed by atoms with Crippen LogP contribution in [-0.2, 0) is 4.74 Å². The topological polar surface area (TPSA) is 89.0 Å². The average Bonchev–Trinajstić information content (AvgIpc) is 3.10. The highest BCUT2D eigenvalue weighted by Gasteiger charge is 2.28. The molecule has 0 radical (unpaired) electrons. The number of nitriles is 1. The van der Waals surface area contributed by atoms with Gasteiger partial charge in [-0.3, -0.25) is 0 Å². The summed E-state index contributed by atoms with van der Waals surface area (Å²) in [5.41, 5.74) is 1.07. The molecule has 3 rings (SSSR count). The van der Waals surface area contributed by atoms with Crippen molar-refractivity contribution in [2.75, 3.05) is 0 Å². The predicted molar refractivity (Wildman–Crippen MR) is 76.5 cm³/mol. The second-order valence-corrected chi connectivity index (χ2v) is 5.29. The molecule has 1 aromatic carbocycles. The lowest BCUT2D eigenvalue weighted by molar-refractivity contribution is 0.0107. The molecule has 0 aliphatic heterocycles. The number of benzene rings is 1. The molecular formula is C16H15N3O3. The molecule has 1 heterocycles. The van der Waals surface area contributed by atoms with Crippen LogP contribution in [0, 0.1) is 17.2 Å². The molecule has 1 aliphatic rings. The van der Waals surface area contributed by atoms with Crippen molar-refractivity contribution in [3.05, 3.63) is 36.2 Å². The molecule has 6 heteroatoms. The smallest absolute Gasteiger partial charge is 0.338 e. The standard InChI is InChI=1S/C16H15N3O3/c17-9-13-4-1-2-7-14(13)22-16(20)12-6-3-5-11(8-12)15-19-18-10-21-15/h3,5-6,8,10,13-14H,1-2,4,7H2. The zero-order valence-corrected chi connectivity index (χ0v) is 11.9. The van der Waals surface area contributed by atoms with Crippen LogP contribution in [0.25, 0.3) is 11.5 Å². The Kier molecular flexibility index (Phi) is 4.15. The first-order chi connectivity index (χ1) is 10.8. The molecule has 1 aliphatic carbocycles. The first-order valence-corrected chi connectivity index (χ1v) is 7.25. The van der Waals surface area contributed by atoms with Crippen LogP contribution >= 0.6 is 0 Å². The molecule has 0 amide bonds. The van der Waals surface area contributed by atoms with Gasteiger partial charge in [-0.1, -0.05) is 12.5 Å². The number of hydrogen-bond donors (Lipinski definition) is 0. The van der Waals surface area contributed by atoms with E-state index in [1.54, 1.807) is 24.3 Å². The highest BCUT2D eigenvalue weighted by Crippen LogP contribution is 2.27. The first kappa shape index (κ1) is 14.3. The predicted octanol–water partition coefficient (Wildman–Crippen LogP) is 2.98. The minimum Gasteiger partial charge on any atom is -0.457 e. The van der Waals surface area contributed by atoms with Crippen LogP contribution in [0.4, 0.5) is 0 Å². The second kappa shape index (κ2) is 6.39. The number of carbonyl (C=O) groups is 1. The maximum absolute atomic E-state index is 12.3. The van der Waals surface area contributed by atoms with Gasteiger partial charge in [0, 0.05) is 5.56 Å². The molecule has 112 valence electrons. The summed E-state index contributed by atoms with van der Waals surface area (Å²) in [7, 11) is 0. The van der Waals surface area contributed by atoms with Crippen molar-refractivity contribution in [2.24, 2.45) is 5.92 Å². The number of carbonyl (C=O) groups excluding carboxylic acids is 1. The van der Waals surface area contributed by atoms with Crippen molar-refractivity contribution in [3.8, 4) is 17.5 Å². The van der Waals surface area contributed by atoms with E-state index in [-0.39, 0.29) is 12.0 Å². The molecular weight excluding hydrogens is 282 g/mol. The van der Waals surface area contributed by atoms with Crippen LogP contribution < -0.4 is 0 Å². The largest absolute Gasteiger partial charge is 0.457 e. The van der Waals surface area contributed by atoms with Gasteiger partial charge in [0.05, 0.1) is 17.6 Å². The van der Waals surface area contributed by atoms with E-state index in [4.69, 9.17) is 14.4 Å². The lowest BCUT2D eigenvalue weighted by Crippen LogP contribution is -2.29. The second-order valence-electron chi connectivity index (χ2n) is 5.29. The number of aromatic nitrogens is 2. The van der Waals surface area contributed by atoms with E-state index in [0.29, 0.717) is 17.0 Å². The summed E-state index contributed by atoms with van der Waals surface area (Å²) in [6.45, 7) is 0.